The number of halogens is 3. The van der Waals surface area contributed by atoms with Gasteiger partial charge in [0.05, 0.1) is 10.9 Å². The highest BCUT2D eigenvalue weighted by Crippen LogP contribution is 2.36. The summed E-state index contributed by atoms with van der Waals surface area (Å²) >= 11 is 10.4. The Hall–Kier alpha value is -5.23. The maximum Gasteiger partial charge on any atom is 0.272 e. The molecule has 0 bridgehead atoms. The first-order valence-electron chi connectivity index (χ1n) is 15.1. The van der Waals surface area contributed by atoms with E-state index in [9.17, 15) is 23.6 Å². The van der Waals surface area contributed by atoms with E-state index in [4.69, 9.17) is 16.3 Å². The van der Waals surface area contributed by atoms with E-state index in [2.05, 4.69) is 26.6 Å². The van der Waals surface area contributed by atoms with Gasteiger partial charge in [0.1, 0.15) is 23.0 Å². The van der Waals surface area contributed by atoms with E-state index in [-0.39, 0.29) is 29.5 Å². The van der Waals surface area contributed by atoms with Crippen LogP contribution in [0.1, 0.15) is 22.3 Å². The SMILES string of the molecule is O=C(Nc1cccc(S[C@@H]2CC(=O)N(c3ccc(Oc4ccc(Cl)cc4)cc3)C2=O)c1)/C(=C/c1c(F)cccc1Br)NC(=O)c1ccccc1. The molecule has 0 spiro atoms. The normalized spacial score (nSPS) is 14.4. The average molecular weight is 771 g/mol. The van der Waals surface area contributed by atoms with Crippen LogP contribution < -0.4 is 20.3 Å². The molecule has 1 fully saturated rings. The summed E-state index contributed by atoms with van der Waals surface area (Å²) < 4.78 is 20.9. The van der Waals surface area contributed by atoms with Crippen LogP contribution in [0.2, 0.25) is 5.02 Å². The lowest BCUT2D eigenvalue weighted by molar-refractivity contribution is -0.121. The van der Waals surface area contributed by atoms with Crippen molar-refractivity contribution in [2.24, 2.45) is 0 Å². The molecule has 50 heavy (non-hydrogen) atoms. The van der Waals surface area contributed by atoms with E-state index in [1.165, 1.54) is 30.0 Å². The smallest absolute Gasteiger partial charge is 0.272 e. The van der Waals surface area contributed by atoms with E-state index in [0.29, 0.717) is 42.8 Å². The van der Waals surface area contributed by atoms with Crippen LogP contribution in [0.4, 0.5) is 15.8 Å². The molecule has 1 heterocycles. The fourth-order valence-corrected chi connectivity index (χ4v) is 6.71. The van der Waals surface area contributed by atoms with E-state index in [1.807, 2.05) is 0 Å². The van der Waals surface area contributed by atoms with Gasteiger partial charge in [0.2, 0.25) is 11.8 Å². The van der Waals surface area contributed by atoms with Gasteiger partial charge in [-0.2, -0.15) is 0 Å². The van der Waals surface area contributed by atoms with Gasteiger partial charge in [-0.3, -0.25) is 19.2 Å². The Morgan fingerprint density at radius 1 is 0.880 bits per heavy atom. The summed E-state index contributed by atoms with van der Waals surface area (Å²) in [4.78, 5) is 54.7. The Morgan fingerprint density at radius 3 is 2.26 bits per heavy atom. The second-order valence-electron chi connectivity index (χ2n) is 10.9. The van der Waals surface area contributed by atoms with E-state index in [0.717, 1.165) is 4.90 Å². The highest BCUT2D eigenvalue weighted by atomic mass is 79.9. The number of nitrogens with one attached hydrogen (secondary N) is 2. The first-order valence-corrected chi connectivity index (χ1v) is 17.2. The predicted molar refractivity (Wildman–Crippen MR) is 196 cm³/mol. The van der Waals surface area contributed by atoms with Crippen LogP contribution in [0.3, 0.4) is 0 Å². The quantitative estimate of drug-likeness (QED) is 0.109. The summed E-state index contributed by atoms with van der Waals surface area (Å²) in [5, 5.41) is 5.23. The lowest BCUT2D eigenvalue weighted by Crippen LogP contribution is -2.31. The molecule has 0 saturated carbocycles. The maximum absolute atomic E-state index is 14.7. The molecule has 0 aliphatic carbocycles. The number of carbonyl (C=O) groups excluding carboxylic acids is 4. The fraction of sp³-hybridized carbons (Fsp3) is 0.0526. The molecule has 0 unspecified atom stereocenters. The van der Waals surface area contributed by atoms with Crippen molar-refractivity contribution in [1.29, 1.82) is 0 Å². The van der Waals surface area contributed by atoms with Gasteiger partial charge in [-0.1, -0.05) is 57.9 Å². The number of nitrogens with zero attached hydrogens (tertiary/aromatic N) is 1. The van der Waals surface area contributed by atoms with Gasteiger partial charge in [0.15, 0.2) is 0 Å². The van der Waals surface area contributed by atoms with Gasteiger partial charge < -0.3 is 15.4 Å². The van der Waals surface area contributed by atoms with Crippen molar-refractivity contribution < 1.29 is 28.3 Å². The number of benzene rings is 5. The Bertz CT molecular complexity index is 2090. The van der Waals surface area contributed by atoms with Gasteiger partial charge in [0.25, 0.3) is 11.8 Å². The van der Waals surface area contributed by atoms with Crippen LogP contribution in [0.15, 0.2) is 136 Å². The monoisotopic (exact) mass is 769 g/mol. The van der Waals surface area contributed by atoms with Crippen molar-refractivity contribution in [2.75, 3.05) is 10.2 Å². The lowest BCUT2D eigenvalue weighted by atomic mass is 10.1. The lowest BCUT2D eigenvalue weighted by Gasteiger charge is -2.16. The zero-order valence-electron chi connectivity index (χ0n) is 25.9. The molecule has 5 aromatic carbocycles. The molecule has 8 nitrogen and oxygen atoms in total. The molecule has 1 atom stereocenters. The number of ether oxygens (including phenoxy) is 1. The molecular formula is C38H26BrClFN3O5S. The third kappa shape index (κ3) is 8.31. The van der Waals surface area contributed by atoms with Crippen LogP contribution in [0, 0.1) is 5.82 Å². The van der Waals surface area contributed by atoms with Crippen molar-refractivity contribution in [3.63, 3.8) is 0 Å². The Labute approximate surface area is 304 Å². The molecule has 12 heteroatoms. The Kier molecular flexibility index (Phi) is 10.8. The summed E-state index contributed by atoms with van der Waals surface area (Å²) in [5.74, 6) is -1.44. The van der Waals surface area contributed by atoms with Gasteiger partial charge in [-0.25, -0.2) is 9.29 Å². The summed E-state index contributed by atoms with van der Waals surface area (Å²) in [5.41, 5.74) is 0.972. The number of hydrogen-bond acceptors (Lipinski definition) is 6. The Morgan fingerprint density at radius 2 is 1.56 bits per heavy atom. The first kappa shape index (κ1) is 34.6. The minimum absolute atomic E-state index is 0.0148. The van der Waals surface area contributed by atoms with E-state index in [1.54, 1.807) is 109 Å². The number of hydrogen-bond donors (Lipinski definition) is 2. The molecule has 1 aliphatic heterocycles. The van der Waals surface area contributed by atoms with Crippen molar-refractivity contribution in [2.45, 2.75) is 16.6 Å². The summed E-state index contributed by atoms with van der Waals surface area (Å²) in [7, 11) is 0. The summed E-state index contributed by atoms with van der Waals surface area (Å²) in [6, 6.07) is 32.9. The number of anilines is 2. The van der Waals surface area contributed by atoms with Gasteiger partial charge >= 0.3 is 0 Å². The minimum Gasteiger partial charge on any atom is -0.457 e. The van der Waals surface area contributed by atoms with Crippen LogP contribution in [-0.2, 0) is 14.4 Å². The molecule has 250 valence electrons. The molecule has 1 saturated heterocycles. The molecule has 0 radical (unpaired) electrons. The third-order valence-electron chi connectivity index (χ3n) is 7.44. The molecule has 6 rings (SSSR count). The molecule has 4 amide bonds. The zero-order chi connectivity index (χ0) is 35.2. The second-order valence-corrected chi connectivity index (χ2v) is 13.5. The van der Waals surface area contributed by atoms with Crippen molar-refractivity contribution in [3.8, 4) is 11.5 Å². The molecule has 0 aromatic heterocycles. The van der Waals surface area contributed by atoms with Gasteiger partial charge in [-0.05, 0) is 97.1 Å². The van der Waals surface area contributed by atoms with Crippen LogP contribution in [0.25, 0.3) is 6.08 Å². The summed E-state index contributed by atoms with van der Waals surface area (Å²) in [6.45, 7) is 0. The van der Waals surface area contributed by atoms with Gasteiger partial charge in [0, 0.05) is 37.6 Å². The standard InChI is InChI=1S/C38H26BrClFN3O5S/c39-31-10-5-11-32(41)30(31)21-33(43-36(46)23-6-2-1-3-7-23)37(47)42-25-8-4-9-29(20-25)50-34-22-35(45)44(38(34)48)26-14-18-28(19-15-26)49-27-16-12-24(40)13-17-27/h1-21,34H,22H2,(H,42,47)(H,43,46)/b33-21-/t34-/m1/s1. The van der Waals surface area contributed by atoms with Crippen molar-refractivity contribution >= 4 is 80.4 Å². The van der Waals surface area contributed by atoms with Crippen molar-refractivity contribution in [3.05, 3.63) is 153 Å². The zero-order valence-corrected chi connectivity index (χ0v) is 29.1. The number of imide groups is 1. The molecule has 5 aromatic rings. The van der Waals surface area contributed by atoms with Crippen LogP contribution >= 0.6 is 39.3 Å². The topological polar surface area (TPSA) is 105 Å². The number of carbonyl (C=O) groups is 4. The number of amides is 4. The van der Waals surface area contributed by atoms with E-state index >= 15 is 0 Å². The predicted octanol–water partition coefficient (Wildman–Crippen LogP) is 8.87. The minimum atomic E-state index is -0.701. The molecule has 1 aliphatic rings. The van der Waals surface area contributed by atoms with Gasteiger partial charge in [-0.15, -0.1) is 11.8 Å². The van der Waals surface area contributed by atoms with Crippen LogP contribution in [0.5, 0.6) is 11.5 Å². The first-order chi connectivity index (χ1) is 24.1. The number of thioether (sulfide) groups is 1. The van der Waals surface area contributed by atoms with Crippen LogP contribution in [-0.4, -0.2) is 28.9 Å². The number of rotatable bonds is 10. The largest absolute Gasteiger partial charge is 0.457 e. The molecule has 2 N–H and O–H groups in total. The Balaban J connectivity index is 1.15. The second kappa shape index (κ2) is 15.5. The maximum atomic E-state index is 14.7. The fourth-order valence-electron chi connectivity index (χ4n) is 5.01. The summed E-state index contributed by atoms with van der Waals surface area (Å²) in [6.07, 6.45) is 1.24. The van der Waals surface area contributed by atoms with E-state index < -0.39 is 22.9 Å². The third-order valence-corrected chi connectivity index (χ3v) is 9.56. The molecular weight excluding hydrogens is 745 g/mol. The highest BCUT2D eigenvalue weighted by molar-refractivity contribution is 9.10. The highest BCUT2D eigenvalue weighted by Gasteiger charge is 2.40. The van der Waals surface area contributed by atoms with Crippen molar-refractivity contribution in [1.82, 2.24) is 5.32 Å². The average Bonchev–Trinajstić information content (AvgIpc) is 3.39.